The lowest BCUT2D eigenvalue weighted by Gasteiger charge is -2.10. The van der Waals surface area contributed by atoms with Gasteiger partial charge in [0.2, 0.25) is 17.7 Å². The van der Waals surface area contributed by atoms with Crippen LogP contribution in [0.1, 0.15) is 32.6 Å². The maximum absolute atomic E-state index is 11.5. The minimum atomic E-state index is -0.460. The molecule has 0 aliphatic heterocycles. The number of rotatable bonds is 6. The van der Waals surface area contributed by atoms with Gasteiger partial charge in [-0.1, -0.05) is 6.92 Å². The highest BCUT2D eigenvalue weighted by Gasteiger charge is 2.13. The Morgan fingerprint density at radius 3 is 2.69 bits per heavy atom. The van der Waals surface area contributed by atoms with Crippen LogP contribution in [0.5, 0.6) is 0 Å². The summed E-state index contributed by atoms with van der Waals surface area (Å²) in [7, 11) is 0. The maximum Gasteiger partial charge on any atom is 0.249 e. The molecule has 0 aromatic carbocycles. The first kappa shape index (κ1) is 12.6. The molecule has 0 saturated heterocycles. The number of ether oxygens (including phenoxy) is 1. The van der Waals surface area contributed by atoms with Crippen LogP contribution in [-0.2, 0) is 22.5 Å². The van der Waals surface area contributed by atoms with Gasteiger partial charge in [0.1, 0.15) is 6.10 Å². The summed E-state index contributed by atoms with van der Waals surface area (Å²) < 4.78 is 10.4. The summed E-state index contributed by atoms with van der Waals surface area (Å²) in [6.07, 6.45) is 0.231. The van der Waals surface area contributed by atoms with Crippen molar-refractivity contribution in [1.29, 1.82) is 0 Å². The number of hydrogen-bond donors (Lipinski definition) is 1. The van der Waals surface area contributed by atoms with Crippen molar-refractivity contribution in [3.8, 4) is 0 Å². The van der Waals surface area contributed by atoms with Crippen LogP contribution >= 0.6 is 0 Å². The Morgan fingerprint density at radius 2 is 2.12 bits per heavy atom. The van der Waals surface area contributed by atoms with E-state index in [4.69, 9.17) is 9.15 Å². The molecule has 0 spiro atoms. The second kappa shape index (κ2) is 6.22. The van der Waals surface area contributed by atoms with Gasteiger partial charge in [-0.25, -0.2) is 0 Å². The van der Waals surface area contributed by atoms with Gasteiger partial charge in [-0.05, 0) is 13.8 Å². The molecule has 1 atom stereocenters. The van der Waals surface area contributed by atoms with Crippen molar-refractivity contribution < 1.29 is 13.9 Å². The molecule has 6 nitrogen and oxygen atoms in total. The second-order valence-electron chi connectivity index (χ2n) is 3.26. The molecule has 1 rings (SSSR count). The number of nitrogens with one attached hydrogen (secondary N) is 1. The standard InChI is InChI=1S/C10H17N3O3/c1-4-8-12-13-9(16-8)6-11-10(14)7(3)15-5-2/h7H,4-6H2,1-3H3,(H,11,14). The average molecular weight is 227 g/mol. The van der Waals surface area contributed by atoms with Gasteiger partial charge in [0, 0.05) is 13.0 Å². The van der Waals surface area contributed by atoms with Crippen LogP contribution in [-0.4, -0.2) is 28.8 Å². The number of hydrogen-bond acceptors (Lipinski definition) is 5. The van der Waals surface area contributed by atoms with Crippen LogP contribution in [0.15, 0.2) is 4.42 Å². The molecule has 1 unspecified atom stereocenters. The fourth-order valence-corrected chi connectivity index (χ4v) is 1.13. The van der Waals surface area contributed by atoms with Gasteiger partial charge in [-0.15, -0.1) is 10.2 Å². The summed E-state index contributed by atoms with van der Waals surface area (Å²) in [4.78, 5) is 11.5. The second-order valence-corrected chi connectivity index (χ2v) is 3.26. The SMILES string of the molecule is CCOC(C)C(=O)NCc1nnc(CC)o1. The zero-order chi connectivity index (χ0) is 12.0. The summed E-state index contributed by atoms with van der Waals surface area (Å²) >= 11 is 0. The van der Waals surface area contributed by atoms with Crippen LogP contribution in [0.2, 0.25) is 0 Å². The number of amides is 1. The molecule has 16 heavy (non-hydrogen) atoms. The molecule has 0 fully saturated rings. The third kappa shape index (κ3) is 3.62. The van der Waals surface area contributed by atoms with Crippen LogP contribution in [0.25, 0.3) is 0 Å². The molecule has 1 N–H and O–H groups in total. The number of nitrogens with zero attached hydrogens (tertiary/aromatic N) is 2. The fraction of sp³-hybridized carbons (Fsp3) is 0.700. The molecule has 0 radical (unpaired) electrons. The molecule has 0 aliphatic rings. The minimum absolute atomic E-state index is 0.182. The van der Waals surface area contributed by atoms with E-state index >= 15 is 0 Å². The molecule has 1 amide bonds. The van der Waals surface area contributed by atoms with Crippen LogP contribution in [0, 0.1) is 0 Å². The first-order chi connectivity index (χ1) is 7.67. The summed E-state index contributed by atoms with van der Waals surface area (Å²) in [5.74, 6) is 0.800. The van der Waals surface area contributed by atoms with Crippen LogP contribution in [0.3, 0.4) is 0 Å². The highest BCUT2D eigenvalue weighted by atomic mass is 16.5. The Bertz CT molecular complexity index is 338. The van der Waals surface area contributed by atoms with Gasteiger partial charge in [0.15, 0.2) is 0 Å². The van der Waals surface area contributed by atoms with Gasteiger partial charge in [0.25, 0.3) is 0 Å². The van der Waals surface area contributed by atoms with E-state index in [9.17, 15) is 4.79 Å². The van der Waals surface area contributed by atoms with Crippen LogP contribution in [0.4, 0.5) is 0 Å². The lowest BCUT2D eigenvalue weighted by molar-refractivity contribution is -0.131. The molecule has 0 saturated carbocycles. The summed E-state index contributed by atoms with van der Waals surface area (Å²) in [5.41, 5.74) is 0. The van der Waals surface area contributed by atoms with Crippen molar-refractivity contribution in [2.45, 2.75) is 39.8 Å². The van der Waals surface area contributed by atoms with Crippen LogP contribution < -0.4 is 5.32 Å². The largest absolute Gasteiger partial charge is 0.423 e. The van der Waals surface area contributed by atoms with E-state index < -0.39 is 6.10 Å². The monoisotopic (exact) mass is 227 g/mol. The normalized spacial score (nSPS) is 12.4. The number of aromatic nitrogens is 2. The van der Waals surface area contributed by atoms with Gasteiger partial charge in [-0.2, -0.15) is 0 Å². The third-order valence-electron chi connectivity index (χ3n) is 2.01. The molecule has 0 aliphatic carbocycles. The summed E-state index contributed by atoms with van der Waals surface area (Å²) in [6.45, 7) is 6.21. The van der Waals surface area contributed by atoms with Gasteiger partial charge < -0.3 is 14.5 Å². The molecule has 1 aromatic rings. The van der Waals surface area contributed by atoms with Crippen molar-refractivity contribution in [2.24, 2.45) is 0 Å². The number of carbonyl (C=O) groups is 1. The van der Waals surface area contributed by atoms with E-state index in [-0.39, 0.29) is 12.5 Å². The van der Waals surface area contributed by atoms with E-state index in [2.05, 4.69) is 15.5 Å². The smallest absolute Gasteiger partial charge is 0.249 e. The van der Waals surface area contributed by atoms with E-state index in [0.29, 0.717) is 24.8 Å². The molecular formula is C10H17N3O3. The number of carbonyl (C=O) groups excluding carboxylic acids is 1. The average Bonchev–Trinajstić information content (AvgIpc) is 2.74. The van der Waals surface area contributed by atoms with E-state index in [1.807, 2.05) is 13.8 Å². The van der Waals surface area contributed by atoms with E-state index in [1.54, 1.807) is 6.92 Å². The molecule has 6 heteroatoms. The molecule has 0 bridgehead atoms. The zero-order valence-corrected chi connectivity index (χ0v) is 9.82. The lowest BCUT2D eigenvalue weighted by atomic mass is 10.4. The van der Waals surface area contributed by atoms with Crippen molar-refractivity contribution in [3.63, 3.8) is 0 Å². The van der Waals surface area contributed by atoms with Crippen molar-refractivity contribution in [3.05, 3.63) is 11.8 Å². The quantitative estimate of drug-likeness (QED) is 0.773. The molecular weight excluding hydrogens is 210 g/mol. The Balaban J connectivity index is 2.36. The topological polar surface area (TPSA) is 77.2 Å². The van der Waals surface area contributed by atoms with Gasteiger partial charge >= 0.3 is 0 Å². The Labute approximate surface area is 94.4 Å². The molecule has 1 aromatic heterocycles. The molecule has 90 valence electrons. The van der Waals surface area contributed by atoms with E-state index in [1.165, 1.54) is 0 Å². The maximum atomic E-state index is 11.5. The van der Waals surface area contributed by atoms with E-state index in [0.717, 1.165) is 0 Å². The fourth-order valence-electron chi connectivity index (χ4n) is 1.13. The van der Waals surface area contributed by atoms with Gasteiger partial charge in [-0.3, -0.25) is 4.79 Å². The predicted molar refractivity (Wildman–Crippen MR) is 56.6 cm³/mol. The first-order valence-corrected chi connectivity index (χ1v) is 5.37. The minimum Gasteiger partial charge on any atom is -0.423 e. The number of aryl methyl sites for hydroxylation is 1. The summed E-state index contributed by atoms with van der Waals surface area (Å²) in [6, 6.07) is 0. The Morgan fingerprint density at radius 1 is 1.44 bits per heavy atom. The van der Waals surface area contributed by atoms with Crippen molar-refractivity contribution in [1.82, 2.24) is 15.5 Å². The molecule has 1 heterocycles. The van der Waals surface area contributed by atoms with Crippen molar-refractivity contribution in [2.75, 3.05) is 6.61 Å². The Kier molecular flexibility index (Phi) is 4.91. The highest BCUT2D eigenvalue weighted by Crippen LogP contribution is 2.00. The first-order valence-electron chi connectivity index (χ1n) is 5.37. The highest BCUT2D eigenvalue weighted by molar-refractivity contribution is 5.80. The summed E-state index contributed by atoms with van der Waals surface area (Å²) in [5, 5.41) is 10.2. The third-order valence-corrected chi connectivity index (χ3v) is 2.01. The Hall–Kier alpha value is -1.43. The zero-order valence-electron chi connectivity index (χ0n) is 9.82. The van der Waals surface area contributed by atoms with Gasteiger partial charge in [0.05, 0.1) is 6.54 Å². The lowest BCUT2D eigenvalue weighted by Crippen LogP contribution is -2.34. The van der Waals surface area contributed by atoms with Crippen molar-refractivity contribution >= 4 is 5.91 Å². The predicted octanol–water partition coefficient (Wildman–Crippen LogP) is 0.673.